The molecule has 2 aliphatic rings. The fourth-order valence-corrected chi connectivity index (χ4v) is 8.35. The third-order valence-corrected chi connectivity index (χ3v) is 10.8. The molecular formula is C44H49N2O3S+. The number of fused-ring (bicyclic) bond motifs is 6. The number of allylic oxidation sites excluding steroid dienone is 6. The number of anilines is 1. The number of unbranched alkanes of at least 4 members (excludes halogenated alkanes) is 4. The highest BCUT2D eigenvalue weighted by Crippen LogP contribution is 2.51. The molecule has 1 atom stereocenters. The molecule has 0 fully saturated rings. The molecule has 2 heterocycles. The van der Waals surface area contributed by atoms with Crippen molar-refractivity contribution in [3.8, 4) is 12.3 Å². The number of terminal acetylenes is 1. The molecule has 0 saturated carbocycles. The topological polar surface area (TPSA) is 52.8 Å². The zero-order chi connectivity index (χ0) is 35.3. The third kappa shape index (κ3) is 7.01. The molecule has 4 aromatic rings. The highest BCUT2D eigenvalue weighted by Gasteiger charge is 2.45. The lowest BCUT2D eigenvalue weighted by atomic mass is 9.79. The van der Waals surface area contributed by atoms with Gasteiger partial charge in [-0.05, 0) is 84.8 Å². The second-order valence-corrected chi connectivity index (χ2v) is 15.0. The summed E-state index contributed by atoms with van der Waals surface area (Å²) in [5, 5.41) is 5.11. The minimum atomic E-state index is -2.23. The van der Waals surface area contributed by atoms with Gasteiger partial charge in [-0.1, -0.05) is 86.7 Å². The van der Waals surface area contributed by atoms with E-state index in [9.17, 15) is 4.21 Å². The van der Waals surface area contributed by atoms with Crippen molar-refractivity contribution in [1.82, 2.24) is 0 Å². The molecule has 0 aliphatic carbocycles. The lowest BCUT2D eigenvalue weighted by Gasteiger charge is -2.27. The zero-order valence-corrected chi connectivity index (χ0v) is 30.6. The van der Waals surface area contributed by atoms with Crippen molar-refractivity contribution in [1.29, 1.82) is 0 Å². The van der Waals surface area contributed by atoms with Crippen LogP contribution in [-0.4, -0.2) is 38.7 Å². The van der Waals surface area contributed by atoms with Crippen LogP contribution in [0.3, 0.4) is 0 Å². The van der Waals surface area contributed by atoms with Gasteiger partial charge in [0.15, 0.2) is 5.71 Å². The molecule has 6 rings (SSSR count). The maximum Gasteiger partial charge on any atom is 0.301 e. The van der Waals surface area contributed by atoms with E-state index in [0.29, 0.717) is 6.42 Å². The average Bonchev–Trinajstić information content (AvgIpc) is 3.46. The van der Waals surface area contributed by atoms with E-state index < -0.39 is 11.4 Å². The molecule has 6 heteroatoms. The summed E-state index contributed by atoms with van der Waals surface area (Å²) >= 11 is -2.23. The van der Waals surface area contributed by atoms with Crippen molar-refractivity contribution in [2.24, 2.45) is 0 Å². The quantitative estimate of drug-likeness (QED) is 0.0472. The molecule has 0 spiro atoms. The first-order chi connectivity index (χ1) is 24.2. The Hall–Kier alpha value is -4.28. The number of hydrogen-bond acceptors (Lipinski definition) is 3. The Morgan fingerprint density at radius 3 is 2.24 bits per heavy atom. The van der Waals surface area contributed by atoms with Gasteiger partial charge in [0, 0.05) is 53.9 Å². The molecule has 258 valence electrons. The minimum absolute atomic E-state index is 0.156. The molecule has 1 unspecified atom stereocenters. The summed E-state index contributed by atoms with van der Waals surface area (Å²) in [4.78, 5) is 2.42. The number of rotatable bonds is 14. The lowest BCUT2D eigenvalue weighted by molar-refractivity contribution is -0.438. The number of hydrogen-bond donors (Lipinski definition) is 1. The van der Waals surface area contributed by atoms with Crippen molar-refractivity contribution in [3.05, 3.63) is 120 Å². The van der Waals surface area contributed by atoms with Crippen LogP contribution in [0.25, 0.3) is 21.5 Å². The van der Waals surface area contributed by atoms with E-state index in [0.717, 1.165) is 45.2 Å². The van der Waals surface area contributed by atoms with Gasteiger partial charge in [0.25, 0.3) is 0 Å². The molecule has 2 aliphatic heterocycles. The molecule has 5 nitrogen and oxygen atoms in total. The Kier molecular flexibility index (Phi) is 10.9. The van der Waals surface area contributed by atoms with Crippen LogP contribution in [0.1, 0.15) is 77.3 Å². The Labute approximate surface area is 300 Å². The van der Waals surface area contributed by atoms with Gasteiger partial charge < -0.3 is 4.90 Å². The third-order valence-electron chi connectivity index (χ3n) is 10.4. The van der Waals surface area contributed by atoms with Crippen LogP contribution in [0, 0.1) is 12.3 Å². The van der Waals surface area contributed by atoms with E-state index in [1.165, 1.54) is 55.5 Å². The fourth-order valence-electron chi connectivity index (χ4n) is 8.09. The van der Waals surface area contributed by atoms with Crippen molar-refractivity contribution in [2.45, 2.75) is 77.0 Å². The Morgan fingerprint density at radius 2 is 1.52 bits per heavy atom. The summed E-state index contributed by atoms with van der Waals surface area (Å²) in [5.41, 5.74) is 7.44. The van der Waals surface area contributed by atoms with Crippen LogP contribution in [0.15, 0.2) is 109 Å². The van der Waals surface area contributed by atoms with Gasteiger partial charge in [-0.3, -0.25) is 8.74 Å². The maximum atomic E-state index is 11.0. The average molecular weight is 686 g/mol. The van der Waals surface area contributed by atoms with Gasteiger partial charge in [-0.15, -0.1) is 12.3 Å². The second-order valence-electron chi connectivity index (χ2n) is 14.4. The van der Waals surface area contributed by atoms with Gasteiger partial charge in [0.1, 0.15) is 6.54 Å². The van der Waals surface area contributed by atoms with Crippen molar-refractivity contribution >= 4 is 50.0 Å². The van der Waals surface area contributed by atoms with E-state index in [1.807, 2.05) is 0 Å². The fraction of sp³-hybridized carbons (Fsp3) is 0.341. The normalized spacial score (nSPS) is 17.8. The highest BCUT2D eigenvalue weighted by atomic mass is 32.2. The SMILES string of the molecule is C#CCCCCC[N+]1=C(/C=C/C=C/C=C2\N(CCCCOS(=O)O)c3ccc4ccccc4c3C2(C)C)C(C)(C)c2c1ccc1ccccc21. The second kappa shape index (κ2) is 15.3. The molecule has 4 aromatic carbocycles. The summed E-state index contributed by atoms with van der Waals surface area (Å²) in [6.45, 7) is 11.3. The molecular weight excluding hydrogens is 637 g/mol. The summed E-state index contributed by atoms with van der Waals surface area (Å²) in [6.07, 6.45) is 22.2. The zero-order valence-electron chi connectivity index (χ0n) is 29.8. The highest BCUT2D eigenvalue weighted by molar-refractivity contribution is 7.74. The summed E-state index contributed by atoms with van der Waals surface area (Å²) in [7, 11) is 0. The molecule has 0 bridgehead atoms. The van der Waals surface area contributed by atoms with E-state index in [2.05, 4.69) is 146 Å². The van der Waals surface area contributed by atoms with Crippen LogP contribution in [0.4, 0.5) is 11.4 Å². The Morgan fingerprint density at radius 1 is 0.820 bits per heavy atom. The number of benzene rings is 4. The molecule has 0 amide bonds. The monoisotopic (exact) mass is 685 g/mol. The van der Waals surface area contributed by atoms with E-state index >= 15 is 0 Å². The van der Waals surface area contributed by atoms with Crippen LogP contribution >= 0.6 is 0 Å². The van der Waals surface area contributed by atoms with E-state index in [4.69, 9.17) is 15.2 Å². The van der Waals surface area contributed by atoms with Gasteiger partial charge in [-0.2, -0.15) is 8.78 Å². The molecule has 0 aromatic heterocycles. The summed E-state index contributed by atoms with van der Waals surface area (Å²) < 4.78 is 27.4. The standard InChI is InChI=1S/C44H48N2O3S/c1-6-7-8-9-17-30-45-37-28-26-33-20-13-15-22-35(33)41(37)43(2,3)39(45)24-11-10-12-25-40-44(4,5)42-36-23-16-14-21-34(36)27-29-38(42)46(40)31-18-19-32-49-50(47)48/h1,10-16,20-29H,7-9,17-19,30-32H2,2-5H3/p+1. The lowest BCUT2D eigenvalue weighted by Crippen LogP contribution is -2.28. The maximum absolute atomic E-state index is 11.0. The minimum Gasteiger partial charge on any atom is -0.344 e. The predicted octanol–water partition coefficient (Wildman–Crippen LogP) is 10.3. The Bertz CT molecular complexity index is 2080. The van der Waals surface area contributed by atoms with Gasteiger partial charge >= 0.3 is 11.4 Å². The van der Waals surface area contributed by atoms with Crippen molar-refractivity contribution in [3.63, 3.8) is 0 Å². The predicted molar refractivity (Wildman–Crippen MR) is 211 cm³/mol. The molecule has 50 heavy (non-hydrogen) atoms. The number of nitrogens with zero attached hydrogens (tertiary/aromatic N) is 2. The molecule has 0 radical (unpaired) electrons. The summed E-state index contributed by atoms with van der Waals surface area (Å²) in [6, 6.07) is 26.4. The van der Waals surface area contributed by atoms with Crippen molar-refractivity contribution < 1.29 is 17.5 Å². The first-order valence-electron chi connectivity index (χ1n) is 17.9. The van der Waals surface area contributed by atoms with Crippen LogP contribution < -0.4 is 4.90 Å². The van der Waals surface area contributed by atoms with Gasteiger partial charge in [0.05, 0.1) is 12.0 Å². The van der Waals surface area contributed by atoms with Gasteiger partial charge in [0.2, 0.25) is 5.69 Å². The van der Waals surface area contributed by atoms with Crippen LogP contribution in [-0.2, 0) is 26.4 Å². The van der Waals surface area contributed by atoms with E-state index in [1.54, 1.807) is 0 Å². The smallest absolute Gasteiger partial charge is 0.301 e. The van der Waals surface area contributed by atoms with Crippen LogP contribution in [0.5, 0.6) is 0 Å². The first kappa shape index (κ1) is 35.5. The van der Waals surface area contributed by atoms with Gasteiger partial charge in [-0.25, -0.2) is 0 Å². The Balaban J connectivity index is 1.30. The molecule has 1 N–H and O–H groups in total. The van der Waals surface area contributed by atoms with Crippen molar-refractivity contribution in [2.75, 3.05) is 24.6 Å². The van der Waals surface area contributed by atoms with Crippen LogP contribution in [0.2, 0.25) is 0 Å². The molecule has 0 saturated heterocycles. The van der Waals surface area contributed by atoms with E-state index in [-0.39, 0.29) is 17.4 Å². The first-order valence-corrected chi connectivity index (χ1v) is 18.9. The summed E-state index contributed by atoms with van der Waals surface area (Å²) in [5.74, 6) is 2.78. The largest absolute Gasteiger partial charge is 0.344 e.